The topological polar surface area (TPSA) is 52.0 Å². The third-order valence-corrected chi connectivity index (χ3v) is 3.90. The van der Waals surface area contributed by atoms with E-state index in [1.165, 1.54) is 0 Å². The Hall–Kier alpha value is -1.32. The molecule has 1 unspecified atom stereocenters. The van der Waals surface area contributed by atoms with Crippen LogP contribution in [-0.2, 0) is 19.3 Å². The van der Waals surface area contributed by atoms with Crippen LogP contribution in [0.15, 0.2) is 28.7 Å². The van der Waals surface area contributed by atoms with Gasteiger partial charge in [0.25, 0.3) is 0 Å². The maximum atomic E-state index is 5.99. The lowest BCUT2D eigenvalue weighted by Gasteiger charge is -2.17. The molecule has 0 fully saturated rings. The standard InChI is InChI=1S/C15H17ClN2O/c16-12-3-1-2-10(6-12)8-15-18-13-5-4-11(9-17)7-14(13)19-15/h1-3,6,11H,4-5,7-9,17H2. The highest BCUT2D eigenvalue weighted by Crippen LogP contribution is 2.26. The first-order chi connectivity index (χ1) is 9.24. The molecule has 3 rings (SSSR count). The first-order valence-electron chi connectivity index (χ1n) is 6.66. The molecule has 1 aromatic carbocycles. The molecule has 0 bridgehead atoms. The number of halogens is 1. The quantitative estimate of drug-likeness (QED) is 0.938. The van der Waals surface area contributed by atoms with Crippen molar-refractivity contribution in [2.45, 2.75) is 25.7 Å². The number of hydrogen-bond donors (Lipinski definition) is 1. The van der Waals surface area contributed by atoms with Crippen molar-refractivity contribution in [1.82, 2.24) is 4.98 Å². The number of rotatable bonds is 3. The van der Waals surface area contributed by atoms with Crippen LogP contribution in [0.4, 0.5) is 0 Å². The van der Waals surface area contributed by atoms with Gasteiger partial charge in [0, 0.05) is 17.9 Å². The van der Waals surface area contributed by atoms with E-state index in [2.05, 4.69) is 4.98 Å². The summed E-state index contributed by atoms with van der Waals surface area (Å²) in [6.45, 7) is 0.726. The Kier molecular flexibility index (Phi) is 3.58. The molecule has 0 radical (unpaired) electrons. The van der Waals surface area contributed by atoms with Crippen molar-refractivity contribution >= 4 is 11.6 Å². The van der Waals surface area contributed by atoms with E-state index in [1.54, 1.807) is 0 Å². The number of fused-ring (bicyclic) bond motifs is 1. The smallest absolute Gasteiger partial charge is 0.199 e. The van der Waals surface area contributed by atoms with Crippen molar-refractivity contribution in [3.63, 3.8) is 0 Å². The summed E-state index contributed by atoms with van der Waals surface area (Å²) < 4.78 is 5.87. The van der Waals surface area contributed by atoms with Gasteiger partial charge in [-0.25, -0.2) is 4.98 Å². The highest BCUT2D eigenvalue weighted by Gasteiger charge is 2.23. The van der Waals surface area contributed by atoms with Gasteiger partial charge in [-0.1, -0.05) is 23.7 Å². The molecule has 2 N–H and O–H groups in total. The second-order valence-electron chi connectivity index (χ2n) is 5.13. The molecule has 1 aliphatic rings. The van der Waals surface area contributed by atoms with E-state index >= 15 is 0 Å². The number of aryl methyl sites for hydroxylation is 1. The number of aromatic nitrogens is 1. The van der Waals surface area contributed by atoms with Gasteiger partial charge in [-0.15, -0.1) is 0 Å². The molecule has 1 atom stereocenters. The summed E-state index contributed by atoms with van der Waals surface area (Å²) in [6, 6.07) is 7.81. The predicted octanol–water partition coefficient (Wildman–Crippen LogP) is 2.98. The highest BCUT2D eigenvalue weighted by atomic mass is 35.5. The lowest BCUT2D eigenvalue weighted by Crippen LogP contribution is -2.21. The monoisotopic (exact) mass is 276 g/mol. The summed E-state index contributed by atoms with van der Waals surface area (Å²) in [6.07, 6.45) is 3.72. The zero-order valence-corrected chi connectivity index (χ0v) is 11.5. The number of benzene rings is 1. The second kappa shape index (κ2) is 5.35. The normalized spacial score (nSPS) is 18.3. The average Bonchev–Trinajstić information content (AvgIpc) is 2.79. The van der Waals surface area contributed by atoms with Crippen LogP contribution < -0.4 is 5.73 Å². The molecule has 4 heteroatoms. The van der Waals surface area contributed by atoms with Crippen LogP contribution in [0.5, 0.6) is 0 Å². The largest absolute Gasteiger partial charge is 0.445 e. The van der Waals surface area contributed by atoms with E-state index in [-0.39, 0.29) is 0 Å². The lowest BCUT2D eigenvalue weighted by atomic mass is 9.91. The molecule has 100 valence electrons. The molecule has 0 saturated carbocycles. The molecule has 1 aliphatic carbocycles. The summed E-state index contributed by atoms with van der Waals surface area (Å²) in [5.41, 5.74) is 7.97. The summed E-state index contributed by atoms with van der Waals surface area (Å²) in [7, 11) is 0. The number of oxazole rings is 1. The van der Waals surface area contributed by atoms with Gasteiger partial charge in [0.1, 0.15) is 5.76 Å². The summed E-state index contributed by atoms with van der Waals surface area (Å²) >= 11 is 5.99. The van der Waals surface area contributed by atoms with Crippen LogP contribution in [0, 0.1) is 5.92 Å². The van der Waals surface area contributed by atoms with Crippen molar-refractivity contribution in [2.24, 2.45) is 11.7 Å². The van der Waals surface area contributed by atoms with Gasteiger partial charge in [0.15, 0.2) is 5.89 Å². The fourth-order valence-electron chi connectivity index (χ4n) is 2.60. The minimum Gasteiger partial charge on any atom is -0.445 e. The van der Waals surface area contributed by atoms with Gasteiger partial charge in [0.05, 0.1) is 5.69 Å². The SMILES string of the molecule is NCC1CCc2nc(Cc3cccc(Cl)c3)oc2C1. The summed E-state index contributed by atoms with van der Waals surface area (Å²) in [4.78, 5) is 4.59. The molecule has 0 amide bonds. The van der Waals surface area contributed by atoms with E-state index in [0.717, 1.165) is 53.7 Å². The molecule has 0 aliphatic heterocycles. The maximum absolute atomic E-state index is 5.99. The van der Waals surface area contributed by atoms with Gasteiger partial charge in [0.2, 0.25) is 0 Å². The summed E-state index contributed by atoms with van der Waals surface area (Å²) in [5, 5.41) is 0.747. The minimum atomic E-state index is 0.541. The van der Waals surface area contributed by atoms with Crippen LogP contribution in [0.3, 0.4) is 0 Å². The van der Waals surface area contributed by atoms with E-state index in [1.807, 2.05) is 24.3 Å². The van der Waals surface area contributed by atoms with Gasteiger partial charge < -0.3 is 10.2 Å². The van der Waals surface area contributed by atoms with Gasteiger partial charge in [-0.05, 0) is 43.0 Å². The van der Waals surface area contributed by atoms with Gasteiger partial charge in [-0.3, -0.25) is 0 Å². The molecule has 1 aromatic heterocycles. The maximum Gasteiger partial charge on any atom is 0.199 e. The van der Waals surface area contributed by atoms with Crippen molar-refractivity contribution < 1.29 is 4.42 Å². The van der Waals surface area contributed by atoms with Crippen molar-refractivity contribution in [2.75, 3.05) is 6.54 Å². The first-order valence-corrected chi connectivity index (χ1v) is 7.04. The van der Waals surface area contributed by atoms with Crippen molar-refractivity contribution in [1.29, 1.82) is 0 Å². The highest BCUT2D eigenvalue weighted by molar-refractivity contribution is 6.30. The van der Waals surface area contributed by atoms with Gasteiger partial charge >= 0.3 is 0 Å². The second-order valence-corrected chi connectivity index (χ2v) is 5.57. The van der Waals surface area contributed by atoms with Crippen molar-refractivity contribution in [3.8, 4) is 0 Å². The molecule has 19 heavy (non-hydrogen) atoms. The number of hydrogen-bond acceptors (Lipinski definition) is 3. The average molecular weight is 277 g/mol. The molecule has 1 heterocycles. The van der Waals surface area contributed by atoms with E-state index < -0.39 is 0 Å². The third-order valence-electron chi connectivity index (χ3n) is 3.66. The van der Waals surface area contributed by atoms with Crippen LogP contribution >= 0.6 is 11.6 Å². The number of nitrogens with zero attached hydrogens (tertiary/aromatic N) is 1. The Morgan fingerprint density at radius 3 is 3.11 bits per heavy atom. The Balaban J connectivity index is 1.78. The fraction of sp³-hybridized carbons (Fsp3) is 0.400. The molecular weight excluding hydrogens is 260 g/mol. The lowest BCUT2D eigenvalue weighted by molar-refractivity contribution is 0.386. The number of nitrogens with two attached hydrogens (primary N) is 1. The molecule has 3 nitrogen and oxygen atoms in total. The van der Waals surface area contributed by atoms with Crippen molar-refractivity contribution in [3.05, 3.63) is 52.2 Å². The van der Waals surface area contributed by atoms with E-state index in [0.29, 0.717) is 12.3 Å². The third kappa shape index (κ3) is 2.82. The first kappa shape index (κ1) is 12.7. The fourth-order valence-corrected chi connectivity index (χ4v) is 2.81. The van der Waals surface area contributed by atoms with E-state index in [4.69, 9.17) is 21.8 Å². The molecular formula is C15H17ClN2O. The Morgan fingerprint density at radius 1 is 1.42 bits per heavy atom. The Morgan fingerprint density at radius 2 is 2.32 bits per heavy atom. The zero-order valence-electron chi connectivity index (χ0n) is 10.7. The molecule has 2 aromatic rings. The van der Waals surface area contributed by atoms with Crippen LogP contribution in [0.1, 0.15) is 29.3 Å². The van der Waals surface area contributed by atoms with Gasteiger partial charge in [-0.2, -0.15) is 0 Å². The van der Waals surface area contributed by atoms with Crippen LogP contribution in [0.25, 0.3) is 0 Å². The van der Waals surface area contributed by atoms with Crippen LogP contribution in [-0.4, -0.2) is 11.5 Å². The Bertz CT molecular complexity index is 579. The van der Waals surface area contributed by atoms with Crippen LogP contribution in [0.2, 0.25) is 5.02 Å². The predicted molar refractivity (Wildman–Crippen MR) is 75.3 cm³/mol. The van der Waals surface area contributed by atoms with E-state index in [9.17, 15) is 0 Å². The summed E-state index contributed by atoms with van der Waals surface area (Å²) in [5.74, 6) is 2.35. The Labute approximate surface area is 117 Å². The molecule has 0 spiro atoms. The minimum absolute atomic E-state index is 0.541. The zero-order chi connectivity index (χ0) is 13.2. The molecule has 0 saturated heterocycles.